The van der Waals surface area contributed by atoms with Crippen molar-refractivity contribution in [1.29, 1.82) is 0 Å². The van der Waals surface area contributed by atoms with Gasteiger partial charge in [0.15, 0.2) is 0 Å². The van der Waals surface area contributed by atoms with E-state index in [1.807, 2.05) is 0 Å². The number of rotatable bonds is 8. The normalized spacial score (nSPS) is 20.0. The van der Waals surface area contributed by atoms with Crippen molar-refractivity contribution >= 4 is 5.97 Å². The topological polar surface area (TPSA) is 49.3 Å². The lowest BCUT2D eigenvalue weighted by Gasteiger charge is -2.44. The summed E-state index contributed by atoms with van der Waals surface area (Å²) in [7, 11) is 0. The molecule has 2 N–H and O–H groups in total. The van der Waals surface area contributed by atoms with E-state index in [-0.39, 0.29) is 11.1 Å². The molecular weight excluding hydrogens is 274 g/mol. The third-order valence-corrected chi connectivity index (χ3v) is 4.45. The van der Waals surface area contributed by atoms with Crippen molar-refractivity contribution in [1.82, 2.24) is 5.32 Å². The van der Waals surface area contributed by atoms with Crippen LogP contribution in [-0.2, 0) is 4.79 Å². The first-order valence-corrected chi connectivity index (χ1v) is 8.90. The molecule has 0 unspecified atom stereocenters. The van der Waals surface area contributed by atoms with Gasteiger partial charge >= 0.3 is 5.97 Å². The van der Waals surface area contributed by atoms with Gasteiger partial charge in [0.1, 0.15) is 0 Å². The van der Waals surface area contributed by atoms with Crippen LogP contribution < -0.4 is 5.32 Å². The van der Waals surface area contributed by atoms with E-state index < -0.39 is 5.97 Å². The molecule has 128 valence electrons. The van der Waals surface area contributed by atoms with Gasteiger partial charge < -0.3 is 10.4 Å². The van der Waals surface area contributed by atoms with Gasteiger partial charge in [0.25, 0.3) is 0 Å². The Hall–Kier alpha value is -0.830. The van der Waals surface area contributed by atoms with Crippen molar-refractivity contribution in [2.45, 2.75) is 103 Å². The second-order valence-corrected chi connectivity index (χ2v) is 8.15. The van der Waals surface area contributed by atoms with Gasteiger partial charge in [0.2, 0.25) is 0 Å². The summed E-state index contributed by atoms with van der Waals surface area (Å²) in [6, 6.07) is 0. The first-order chi connectivity index (χ1) is 10.2. The van der Waals surface area contributed by atoms with E-state index in [0.29, 0.717) is 5.57 Å². The summed E-state index contributed by atoms with van der Waals surface area (Å²) in [5.41, 5.74) is 1.77. The molecule has 1 aliphatic rings. The van der Waals surface area contributed by atoms with Crippen molar-refractivity contribution in [3.05, 3.63) is 11.1 Å². The molecule has 1 fully saturated rings. The number of carboxylic acids is 1. The van der Waals surface area contributed by atoms with E-state index in [0.717, 1.165) is 37.7 Å². The van der Waals surface area contributed by atoms with E-state index >= 15 is 0 Å². The Labute approximate surface area is 136 Å². The molecule has 0 saturated carbocycles. The smallest absolute Gasteiger partial charge is 0.331 e. The zero-order chi connectivity index (χ0) is 16.8. The Morgan fingerprint density at radius 3 is 2.00 bits per heavy atom. The van der Waals surface area contributed by atoms with Crippen molar-refractivity contribution < 1.29 is 9.90 Å². The molecule has 3 heteroatoms. The Balaban J connectivity index is 2.69. The average Bonchev–Trinajstić information content (AvgIpc) is 2.33. The average molecular weight is 309 g/mol. The maximum atomic E-state index is 11.7. The maximum Gasteiger partial charge on any atom is 0.331 e. The predicted octanol–water partition coefficient (Wildman–Crippen LogP) is 5.06. The van der Waals surface area contributed by atoms with Crippen LogP contribution >= 0.6 is 0 Å². The molecule has 0 spiro atoms. The van der Waals surface area contributed by atoms with Gasteiger partial charge in [-0.25, -0.2) is 4.79 Å². The molecule has 1 aliphatic heterocycles. The summed E-state index contributed by atoms with van der Waals surface area (Å²) in [5.74, 6) is -0.711. The van der Waals surface area contributed by atoms with Crippen LogP contribution in [0.5, 0.6) is 0 Å². The Morgan fingerprint density at radius 1 is 1.00 bits per heavy atom. The first kappa shape index (κ1) is 19.2. The first-order valence-electron chi connectivity index (χ1n) is 8.90. The van der Waals surface area contributed by atoms with Crippen LogP contribution in [0.2, 0.25) is 0 Å². The fourth-order valence-corrected chi connectivity index (χ4v) is 3.86. The third kappa shape index (κ3) is 6.51. The monoisotopic (exact) mass is 309 g/mol. The molecule has 22 heavy (non-hydrogen) atoms. The molecule has 0 aromatic heterocycles. The lowest BCUT2D eigenvalue weighted by molar-refractivity contribution is -0.132. The van der Waals surface area contributed by atoms with Gasteiger partial charge in [-0.2, -0.15) is 0 Å². The number of unbranched alkanes of at least 4 members (excludes halogenated alkanes) is 5. The molecule has 0 atom stereocenters. The highest BCUT2D eigenvalue weighted by atomic mass is 16.4. The highest BCUT2D eigenvalue weighted by Gasteiger charge is 2.36. The van der Waals surface area contributed by atoms with Crippen LogP contribution in [-0.4, -0.2) is 22.2 Å². The summed E-state index contributed by atoms with van der Waals surface area (Å²) in [6.07, 6.45) is 9.61. The Bertz CT molecular complexity index is 390. The van der Waals surface area contributed by atoms with Crippen molar-refractivity contribution in [3.8, 4) is 0 Å². The van der Waals surface area contributed by atoms with E-state index in [1.54, 1.807) is 0 Å². The standard InChI is InChI=1S/C19H35NO2/c1-6-7-8-9-10-11-12-16(17(21)22)15-13-18(2,3)20-19(4,5)14-15/h20H,6-14H2,1-5H3,(H,21,22). The van der Waals surface area contributed by atoms with Gasteiger partial charge in [-0.1, -0.05) is 44.6 Å². The minimum absolute atomic E-state index is 0.0289. The number of nitrogens with one attached hydrogen (secondary N) is 1. The van der Waals surface area contributed by atoms with Crippen LogP contribution in [0.1, 0.15) is 92.4 Å². The predicted molar refractivity (Wildman–Crippen MR) is 93.2 cm³/mol. The molecule has 1 rings (SSSR count). The Morgan fingerprint density at radius 2 is 1.50 bits per heavy atom. The number of carbonyl (C=O) groups is 1. The molecule has 0 aliphatic carbocycles. The van der Waals surface area contributed by atoms with Gasteiger partial charge in [-0.3, -0.25) is 0 Å². The van der Waals surface area contributed by atoms with Crippen LogP contribution in [0.25, 0.3) is 0 Å². The zero-order valence-corrected chi connectivity index (χ0v) is 15.2. The van der Waals surface area contributed by atoms with Crippen LogP contribution in [0, 0.1) is 0 Å². The second kappa shape index (κ2) is 8.14. The lowest BCUT2D eigenvalue weighted by atomic mass is 9.77. The molecule has 0 aromatic rings. The third-order valence-electron chi connectivity index (χ3n) is 4.45. The maximum absolute atomic E-state index is 11.7. The highest BCUT2D eigenvalue weighted by molar-refractivity contribution is 5.87. The fourth-order valence-electron chi connectivity index (χ4n) is 3.86. The summed E-state index contributed by atoms with van der Waals surface area (Å²) < 4.78 is 0. The Kier molecular flexibility index (Phi) is 7.11. The molecule has 3 nitrogen and oxygen atoms in total. The molecule has 0 aromatic carbocycles. The number of piperidine rings is 1. The van der Waals surface area contributed by atoms with Crippen molar-refractivity contribution in [3.63, 3.8) is 0 Å². The molecule has 0 radical (unpaired) electrons. The van der Waals surface area contributed by atoms with E-state index in [1.165, 1.54) is 25.7 Å². The molecule has 1 heterocycles. The number of hydrogen-bond acceptors (Lipinski definition) is 2. The highest BCUT2D eigenvalue weighted by Crippen LogP contribution is 2.35. The van der Waals surface area contributed by atoms with E-state index in [9.17, 15) is 9.90 Å². The number of aliphatic carboxylic acids is 1. The SMILES string of the molecule is CCCCCCCCC(C(=O)O)=C1CC(C)(C)NC(C)(C)C1. The molecule has 0 amide bonds. The quantitative estimate of drug-likeness (QED) is 0.487. The van der Waals surface area contributed by atoms with Gasteiger partial charge in [0, 0.05) is 16.7 Å². The van der Waals surface area contributed by atoms with Crippen molar-refractivity contribution in [2.24, 2.45) is 0 Å². The summed E-state index contributed by atoms with van der Waals surface area (Å²) in [6.45, 7) is 10.9. The van der Waals surface area contributed by atoms with Crippen LogP contribution in [0.15, 0.2) is 11.1 Å². The van der Waals surface area contributed by atoms with Gasteiger partial charge in [-0.15, -0.1) is 0 Å². The summed E-state index contributed by atoms with van der Waals surface area (Å²) in [4.78, 5) is 11.7. The second-order valence-electron chi connectivity index (χ2n) is 8.15. The van der Waals surface area contributed by atoms with Gasteiger partial charge in [0.05, 0.1) is 0 Å². The zero-order valence-electron chi connectivity index (χ0n) is 15.2. The van der Waals surface area contributed by atoms with Crippen LogP contribution in [0.3, 0.4) is 0 Å². The number of carboxylic acid groups (broad SMARTS) is 1. The van der Waals surface area contributed by atoms with Gasteiger partial charge in [-0.05, 0) is 53.4 Å². The lowest BCUT2D eigenvalue weighted by Crippen LogP contribution is -2.56. The number of hydrogen-bond donors (Lipinski definition) is 2. The molecule has 1 saturated heterocycles. The van der Waals surface area contributed by atoms with E-state index in [2.05, 4.69) is 39.9 Å². The van der Waals surface area contributed by atoms with Crippen LogP contribution in [0.4, 0.5) is 0 Å². The summed E-state index contributed by atoms with van der Waals surface area (Å²) in [5, 5.41) is 13.2. The summed E-state index contributed by atoms with van der Waals surface area (Å²) >= 11 is 0. The van der Waals surface area contributed by atoms with E-state index in [4.69, 9.17) is 0 Å². The largest absolute Gasteiger partial charge is 0.478 e. The molecule has 0 bridgehead atoms. The minimum Gasteiger partial charge on any atom is -0.478 e. The molecular formula is C19H35NO2. The van der Waals surface area contributed by atoms with Crippen molar-refractivity contribution in [2.75, 3.05) is 0 Å². The minimum atomic E-state index is -0.711. The fraction of sp³-hybridized carbons (Fsp3) is 0.842.